The number of nitrogens with zero attached hydrogens (tertiary/aromatic N) is 2. The van der Waals surface area contributed by atoms with Gasteiger partial charge in [0, 0.05) is 25.6 Å². The number of methoxy groups -OCH3 is 1. The van der Waals surface area contributed by atoms with Gasteiger partial charge in [-0.05, 0) is 44.7 Å². The number of rotatable bonds is 3. The fourth-order valence-corrected chi connectivity index (χ4v) is 3.51. The molecule has 2 heterocycles. The van der Waals surface area contributed by atoms with Gasteiger partial charge in [0.25, 0.3) is 0 Å². The number of benzene rings is 1. The average Bonchev–Trinajstić information content (AvgIpc) is 2.77. The monoisotopic (exact) mass is 328 g/mol. The molecule has 5 nitrogen and oxygen atoms in total. The van der Waals surface area contributed by atoms with Crippen molar-refractivity contribution >= 4 is 22.7 Å². The zero-order valence-electron chi connectivity index (χ0n) is 14.5. The van der Waals surface area contributed by atoms with Crippen molar-refractivity contribution in [2.24, 2.45) is 0 Å². The second kappa shape index (κ2) is 6.40. The first-order chi connectivity index (χ1) is 11.4. The minimum absolute atomic E-state index is 0.149. The van der Waals surface area contributed by atoms with Crippen LogP contribution in [0.25, 0.3) is 10.9 Å². The number of hydrogen-bond acceptors (Lipinski definition) is 4. The van der Waals surface area contributed by atoms with Crippen LogP contribution in [-0.2, 0) is 4.74 Å². The normalized spacial score (nSPS) is 21.7. The highest BCUT2D eigenvalue weighted by atomic mass is 16.5. The summed E-state index contributed by atoms with van der Waals surface area (Å²) in [6.07, 6.45) is 2.78. The van der Waals surface area contributed by atoms with Gasteiger partial charge in [0.1, 0.15) is 11.4 Å². The zero-order valence-corrected chi connectivity index (χ0v) is 14.5. The van der Waals surface area contributed by atoms with Crippen LogP contribution in [0.2, 0.25) is 0 Å². The zero-order chi connectivity index (χ0) is 17.3. The summed E-state index contributed by atoms with van der Waals surface area (Å²) in [4.78, 5) is 18.7. The van der Waals surface area contributed by atoms with Crippen molar-refractivity contribution in [2.75, 3.05) is 25.1 Å². The lowest BCUT2D eigenvalue weighted by molar-refractivity contribution is -0.00330. The Labute approximate surface area is 142 Å². The Balaban J connectivity index is 2.08. The van der Waals surface area contributed by atoms with Crippen molar-refractivity contribution in [3.05, 3.63) is 35.4 Å². The van der Waals surface area contributed by atoms with Gasteiger partial charge in [-0.2, -0.15) is 0 Å². The molecule has 1 atom stereocenters. The number of carbonyl (C=O) groups is 1. The summed E-state index contributed by atoms with van der Waals surface area (Å²) < 4.78 is 5.65. The van der Waals surface area contributed by atoms with Crippen molar-refractivity contribution in [1.82, 2.24) is 4.98 Å². The van der Waals surface area contributed by atoms with Gasteiger partial charge in [0.2, 0.25) is 0 Å². The highest BCUT2D eigenvalue weighted by Crippen LogP contribution is 2.32. The third-order valence-corrected chi connectivity index (χ3v) is 5.18. The quantitative estimate of drug-likeness (QED) is 0.932. The largest absolute Gasteiger partial charge is 0.478 e. The summed E-state index contributed by atoms with van der Waals surface area (Å²) in [7, 11) is 1.75. The number of ether oxygens (including phenoxy) is 1. The van der Waals surface area contributed by atoms with Crippen LogP contribution in [0.5, 0.6) is 0 Å². The molecule has 0 radical (unpaired) electrons. The molecule has 1 aliphatic heterocycles. The molecule has 1 fully saturated rings. The second-order valence-electron chi connectivity index (χ2n) is 6.75. The van der Waals surface area contributed by atoms with Crippen molar-refractivity contribution in [2.45, 2.75) is 38.7 Å². The minimum Gasteiger partial charge on any atom is -0.478 e. The van der Waals surface area contributed by atoms with Gasteiger partial charge in [-0.3, -0.25) is 0 Å². The number of fused-ring (bicyclic) bond motifs is 1. The molecule has 0 amide bonds. The second-order valence-corrected chi connectivity index (χ2v) is 6.75. The van der Waals surface area contributed by atoms with E-state index >= 15 is 0 Å². The molecule has 1 saturated heterocycles. The molecule has 0 aliphatic carbocycles. The van der Waals surface area contributed by atoms with E-state index in [1.54, 1.807) is 7.11 Å². The van der Waals surface area contributed by atoms with Crippen molar-refractivity contribution < 1.29 is 14.6 Å². The molecule has 24 heavy (non-hydrogen) atoms. The number of carboxylic acids is 1. The van der Waals surface area contributed by atoms with Gasteiger partial charge < -0.3 is 14.7 Å². The lowest BCUT2D eigenvalue weighted by Crippen LogP contribution is -2.31. The van der Waals surface area contributed by atoms with Crippen molar-refractivity contribution in [1.29, 1.82) is 0 Å². The predicted octanol–water partition coefficient (Wildman–Crippen LogP) is 3.64. The third kappa shape index (κ3) is 2.96. The average molecular weight is 328 g/mol. The first kappa shape index (κ1) is 16.7. The van der Waals surface area contributed by atoms with E-state index in [4.69, 9.17) is 9.72 Å². The molecule has 1 aromatic heterocycles. The number of hydrogen-bond donors (Lipinski definition) is 1. The molecule has 0 spiro atoms. The van der Waals surface area contributed by atoms with Gasteiger partial charge in [-0.25, -0.2) is 9.78 Å². The smallest absolute Gasteiger partial charge is 0.339 e. The molecule has 2 aromatic rings. The highest BCUT2D eigenvalue weighted by Gasteiger charge is 2.30. The first-order valence-electron chi connectivity index (χ1n) is 8.38. The van der Waals surface area contributed by atoms with Gasteiger partial charge >= 0.3 is 5.97 Å². The van der Waals surface area contributed by atoms with E-state index in [0.29, 0.717) is 11.4 Å². The Bertz CT molecular complexity index is 775. The van der Waals surface area contributed by atoms with E-state index in [9.17, 15) is 9.90 Å². The maximum absolute atomic E-state index is 11.9. The molecule has 5 heteroatoms. The van der Waals surface area contributed by atoms with Gasteiger partial charge in [-0.15, -0.1) is 0 Å². The number of anilines is 1. The first-order valence-corrected chi connectivity index (χ1v) is 8.38. The molecule has 1 aromatic carbocycles. The Kier molecular flexibility index (Phi) is 4.45. The lowest BCUT2D eigenvalue weighted by atomic mass is 9.97. The van der Waals surface area contributed by atoms with E-state index in [1.807, 2.05) is 31.2 Å². The Morgan fingerprint density at radius 2 is 2.04 bits per heavy atom. The third-order valence-electron chi connectivity index (χ3n) is 5.18. The van der Waals surface area contributed by atoms with Crippen molar-refractivity contribution in [3.63, 3.8) is 0 Å². The van der Waals surface area contributed by atoms with E-state index in [0.717, 1.165) is 48.8 Å². The lowest BCUT2D eigenvalue weighted by Gasteiger charge is -2.27. The van der Waals surface area contributed by atoms with E-state index in [-0.39, 0.29) is 5.60 Å². The van der Waals surface area contributed by atoms with E-state index in [1.165, 1.54) is 0 Å². The van der Waals surface area contributed by atoms with Crippen LogP contribution >= 0.6 is 0 Å². The fourth-order valence-electron chi connectivity index (χ4n) is 3.51. The minimum atomic E-state index is -0.917. The van der Waals surface area contributed by atoms with Crippen LogP contribution in [-0.4, -0.2) is 41.9 Å². The number of pyridine rings is 1. The number of para-hydroxylation sites is 1. The summed E-state index contributed by atoms with van der Waals surface area (Å²) in [6.45, 7) is 5.53. The number of aromatic carboxylic acids is 1. The van der Waals surface area contributed by atoms with Gasteiger partial charge in [-0.1, -0.05) is 18.2 Å². The standard InChI is InChI=1S/C19H24N2O3/c1-13-14-7-4-5-8-15(14)20-17(16(13)18(22)23)21-11-6-9-19(2,24-3)10-12-21/h4-5,7-8H,6,9-12H2,1-3H3,(H,22,23). The topological polar surface area (TPSA) is 62.7 Å². The molecule has 1 unspecified atom stereocenters. The predicted molar refractivity (Wildman–Crippen MR) is 94.9 cm³/mol. The van der Waals surface area contributed by atoms with Gasteiger partial charge in [0.15, 0.2) is 0 Å². The molecule has 1 aliphatic rings. The summed E-state index contributed by atoms with van der Waals surface area (Å²) in [5, 5.41) is 10.7. The van der Waals surface area contributed by atoms with Crippen LogP contribution in [0, 0.1) is 6.92 Å². The van der Waals surface area contributed by atoms with Gasteiger partial charge in [0.05, 0.1) is 11.1 Å². The number of aromatic nitrogens is 1. The van der Waals surface area contributed by atoms with Crippen LogP contribution in [0.3, 0.4) is 0 Å². The number of carboxylic acid groups (broad SMARTS) is 1. The Morgan fingerprint density at radius 3 is 2.75 bits per heavy atom. The highest BCUT2D eigenvalue weighted by molar-refractivity contribution is 6.01. The van der Waals surface area contributed by atoms with Crippen LogP contribution in [0.15, 0.2) is 24.3 Å². The van der Waals surface area contributed by atoms with Crippen LogP contribution in [0.4, 0.5) is 5.82 Å². The molecule has 0 saturated carbocycles. The SMILES string of the molecule is COC1(C)CCCN(c2nc3ccccc3c(C)c2C(=O)O)CC1. The summed E-state index contributed by atoms with van der Waals surface area (Å²) in [5.41, 5.74) is 1.79. The number of aryl methyl sites for hydroxylation is 1. The molecular weight excluding hydrogens is 304 g/mol. The molecule has 0 bridgehead atoms. The summed E-state index contributed by atoms with van der Waals surface area (Å²) in [6, 6.07) is 7.72. The molecule has 128 valence electrons. The van der Waals surface area contributed by atoms with E-state index < -0.39 is 5.97 Å². The van der Waals surface area contributed by atoms with Crippen molar-refractivity contribution in [3.8, 4) is 0 Å². The summed E-state index contributed by atoms with van der Waals surface area (Å²) >= 11 is 0. The van der Waals surface area contributed by atoms with E-state index in [2.05, 4.69) is 11.8 Å². The molecule has 1 N–H and O–H groups in total. The molecular formula is C19H24N2O3. The van der Waals surface area contributed by atoms with Crippen LogP contribution < -0.4 is 4.90 Å². The Morgan fingerprint density at radius 1 is 1.29 bits per heavy atom. The maximum atomic E-state index is 11.9. The van der Waals surface area contributed by atoms with Crippen LogP contribution in [0.1, 0.15) is 42.1 Å². The molecule has 3 rings (SSSR count). The Hall–Kier alpha value is -2.14. The maximum Gasteiger partial charge on any atom is 0.339 e. The summed E-state index contributed by atoms with van der Waals surface area (Å²) in [5.74, 6) is -0.335. The fraction of sp³-hybridized carbons (Fsp3) is 0.474.